The lowest BCUT2D eigenvalue weighted by atomic mass is 10.2. The molecule has 1 aromatic rings. The van der Waals surface area contributed by atoms with Gasteiger partial charge >= 0.3 is 0 Å². The van der Waals surface area contributed by atoms with Crippen molar-refractivity contribution in [3.05, 3.63) is 22.8 Å². The number of amides is 1. The monoisotopic (exact) mass is 294 g/mol. The van der Waals surface area contributed by atoms with Crippen LogP contribution in [-0.2, 0) is 9.53 Å². The number of hydrogen-bond donors (Lipinski definition) is 1. The predicted molar refractivity (Wildman–Crippen MR) is 74.6 cm³/mol. The van der Waals surface area contributed by atoms with E-state index in [0.717, 1.165) is 0 Å². The van der Waals surface area contributed by atoms with E-state index in [4.69, 9.17) is 21.6 Å². The summed E-state index contributed by atoms with van der Waals surface area (Å²) in [5, 5.41) is 12.1. The lowest BCUT2D eigenvalue weighted by Gasteiger charge is -2.35. The largest absolute Gasteiger partial charge is 0.377 e. The molecule has 1 aliphatic rings. The van der Waals surface area contributed by atoms with Crippen LogP contribution in [0.25, 0.3) is 0 Å². The number of hydrogen-bond acceptors (Lipinski definition) is 5. The number of nitriles is 1. The summed E-state index contributed by atoms with van der Waals surface area (Å²) < 4.78 is 5.36. The van der Waals surface area contributed by atoms with Crippen LogP contribution in [0, 0.1) is 11.3 Å². The number of nitrogens with one attached hydrogen (secondary N) is 1. The second-order valence-electron chi connectivity index (χ2n) is 4.29. The number of carbonyl (C=O) groups is 1. The molecule has 1 fully saturated rings. The highest BCUT2D eigenvalue weighted by atomic mass is 35.5. The smallest absolute Gasteiger partial charge is 0.245 e. The lowest BCUT2D eigenvalue weighted by molar-refractivity contribution is -0.124. The number of anilines is 1. The molecular formula is C13H15ClN4O2. The van der Waals surface area contributed by atoms with E-state index in [1.165, 1.54) is 6.20 Å². The minimum atomic E-state index is -0.484. The Morgan fingerprint density at radius 2 is 2.55 bits per heavy atom. The summed E-state index contributed by atoms with van der Waals surface area (Å²) >= 11 is 6.19. The van der Waals surface area contributed by atoms with Crippen LogP contribution in [0.4, 0.5) is 5.82 Å². The van der Waals surface area contributed by atoms with Gasteiger partial charge in [-0.1, -0.05) is 11.6 Å². The molecule has 1 aliphatic heterocycles. The van der Waals surface area contributed by atoms with E-state index < -0.39 is 6.04 Å². The Balaban J connectivity index is 2.33. The maximum absolute atomic E-state index is 12.1. The molecule has 1 saturated heterocycles. The zero-order chi connectivity index (χ0) is 14.5. The van der Waals surface area contributed by atoms with Crippen molar-refractivity contribution in [1.29, 1.82) is 5.26 Å². The van der Waals surface area contributed by atoms with Crippen molar-refractivity contribution in [2.75, 3.05) is 31.2 Å². The Labute approximate surface area is 122 Å². The quantitative estimate of drug-likeness (QED) is 0.898. The summed E-state index contributed by atoms with van der Waals surface area (Å²) in [5.41, 5.74) is 0.345. The van der Waals surface area contributed by atoms with E-state index in [9.17, 15) is 4.79 Å². The summed E-state index contributed by atoms with van der Waals surface area (Å²) in [5.74, 6) is 0.317. The van der Waals surface area contributed by atoms with E-state index in [-0.39, 0.29) is 17.5 Å². The van der Waals surface area contributed by atoms with E-state index in [2.05, 4.69) is 10.3 Å². The van der Waals surface area contributed by atoms with Crippen molar-refractivity contribution in [3.8, 4) is 6.07 Å². The minimum absolute atomic E-state index is 0.132. The van der Waals surface area contributed by atoms with Gasteiger partial charge in [0, 0.05) is 19.3 Å². The first-order valence-corrected chi connectivity index (χ1v) is 6.73. The maximum Gasteiger partial charge on any atom is 0.245 e. The van der Waals surface area contributed by atoms with E-state index >= 15 is 0 Å². The average Bonchev–Trinajstić information content (AvgIpc) is 2.48. The number of rotatable bonds is 3. The summed E-state index contributed by atoms with van der Waals surface area (Å²) in [7, 11) is 0. The summed E-state index contributed by atoms with van der Waals surface area (Å²) in [6.45, 7) is 3.67. The van der Waals surface area contributed by atoms with Gasteiger partial charge in [0.05, 0.1) is 18.8 Å². The fourth-order valence-electron chi connectivity index (χ4n) is 2.09. The molecule has 0 saturated carbocycles. The predicted octanol–water partition coefficient (Wildman–Crippen LogP) is 0.948. The van der Waals surface area contributed by atoms with Gasteiger partial charge in [0.25, 0.3) is 0 Å². The minimum Gasteiger partial charge on any atom is -0.377 e. The average molecular weight is 295 g/mol. The first kappa shape index (κ1) is 14.6. The van der Waals surface area contributed by atoms with Crippen molar-refractivity contribution in [2.45, 2.75) is 13.0 Å². The van der Waals surface area contributed by atoms with Gasteiger partial charge in [-0.25, -0.2) is 4.98 Å². The number of aromatic nitrogens is 1. The van der Waals surface area contributed by atoms with Crippen molar-refractivity contribution < 1.29 is 9.53 Å². The van der Waals surface area contributed by atoms with E-state index in [1.807, 2.05) is 13.0 Å². The van der Waals surface area contributed by atoms with Crippen LogP contribution in [-0.4, -0.2) is 43.2 Å². The Morgan fingerprint density at radius 3 is 3.25 bits per heavy atom. The molecule has 2 heterocycles. The van der Waals surface area contributed by atoms with Crippen LogP contribution < -0.4 is 10.2 Å². The third kappa shape index (κ3) is 2.84. The molecule has 1 unspecified atom stereocenters. The standard InChI is InChI=1S/C13H15ClN4O2/c1-2-16-13(19)10-8-20-6-5-18(10)12-11(14)9(7-15)3-4-17-12/h3-4,10H,2,5-6,8H2,1H3,(H,16,19). The Kier molecular flexibility index (Phi) is 4.77. The topological polar surface area (TPSA) is 78.2 Å². The highest BCUT2D eigenvalue weighted by molar-refractivity contribution is 6.34. The highest BCUT2D eigenvalue weighted by Gasteiger charge is 2.31. The molecule has 1 amide bonds. The Morgan fingerprint density at radius 1 is 1.75 bits per heavy atom. The van der Waals surface area contributed by atoms with Gasteiger partial charge in [0.2, 0.25) is 5.91 Å². The van der Waals surface area contributed by atoms with Gasteiger partial charge < -0.3 is 15.0 Å². The zero-order valence-electron chi connectivity index (χ0n) is 11.1. The first-order valence-electron chi connectivity index (χ1n) is 6.35. The number of carbonyl (C=O) groups excluding carboxylic acids is 1. The van der Waals surface area contributed by atoms with Gasteiger partial charge in [0.15, 0.2) is 0 Å². The molecule has 0 radical (unpaired) electrons. The van der Waals surface area contributed by atoms with Crippen LogP contribution in [0.3, 0.4) is 0 Å². The van der Waals surface area contributed by atoms with Gasteiger partial charge in [-0.05, 0) is 13.0 Å². The Bertz CT molecular complexity index is 544. The lowest BCUT2D eigenvalue weighted by Crippen LogP contribution is -2.54. The summed E-state index contributed by atoms with van der Waals surface area (Å²) in [4.78, 5) is 18.1. The molecule has 0 aliphatic carbocycles. The highest BCUT2D eigenvalue weighted by Crippen LogP contribution is 2.28. The van der Waals surface area contributed by atoms with Crippen LogP contribution in [0.1, 0.15) is 12.5 Å². The molecule has 20 heavy (non-hydrogen) atoms. The van der Waals surface area contributed by atoms with Crippen LogP contribution >= 0.6 is 11.6 Å². The third-order valence-corrected chi connectivity index (χ3v) is 3.42. The Hall–Kier alpha value is -1.84. The molecule has 6 nitrogen and oxygen atoms in total. The summed E-state index contributed by atoms with van der Waals surface area (Å²) in [6, 6.07) is 3.08. The number of ether oxygens (including phenoxy) is 1. The fraction of sp³-hybridized carbons (Fsp3) is 0.462. The van der Waals surface area contributed by atoms with E-state index in [0.29, 0.717) is 31.1 Å². The van der Waals surface area contributed by atoms with Crippen LogP contribution in [0.15, 0.2) is 12.3 Å². The summed E-state index contributed by atoms with van der Waals surface area (Å²) in [6.07, 6.45) is 1.52. The van der Waals surface area contributed by atoms with Gasteiger partial charge in [-0.15, -0.1) is 0 Å². The SMILES string of the molecule is CCNC(=O)C1COCCN1c1nccc(C#N)c1Cl. The molecule has 106 valence electrons. The molecule has 2 rings (SSSR count). The number of pyridine rings is 1. The second-order valence-corrected chi connectivity index (χ2v) is 4.66. The molecule has 0 spiro atoms. The molecule has 1 N–H and O–H groups in total. The molecule has 0 bridgehead atoms. The molecular weight excluding hydrogens is 280 g/mol. The number of halogens is 1. The van der Waals surface area contributed by atoms with Crippen molar-refractivity contribution in [2.24, 2.45) is 0 Å². The van der Waals surface area contributed by atoms with Crippen LogP contribution in [0.5, 0.6) is 0 Å². The maximum atomic E-state index is 12.1. The second kappa shape index (κ2) is 6.55. The number of nitrogens with zero attached hydrogens (tertiary/aromatic N) is 3. The molecule has 7 heteroatoms. The molecule has 1 aromatic heterocycles. The normalized spacial score (nSPS) is 18.4. The van der Waals surface area contributed by atoms with E-state index in [1.54, 1.807) is 11.0 Å². The fourth-order valence-corrected chi connectivity index (χ4v) is 2.35. The molecule has 1 atom stereocenters. The third-order valence-electron chi connectivity index (χ3n) is 3.05. The first-order chi connectivity index (χ1) is 9.69. The van der Waals surface area contributed by atoms with Crippen molar-refractivity contribution in [1.82, 2.24) is 10.3 Å². The van der Waals surface area contributed by atoms with Crippen LogP contribution in [0.2, 0.25) is 5.02 Å². The van der Waals surface area contributed by atoms with Gasteiger partial charge in [0.1, 0.15) is 23.0 Å². The van der Waals surface area contributed by atoms with Crippen molar-refractivity contribution >= 4 is 23.3 Å². The zero-order valence-corrected chi connectivity index (χ0v) is 11.9. The molecule has 0 aromatic carbocycles. The van der Waals surface area contributed by atoms with Gasteiger partial charge in [-0.2, -0.15) is 5.26 Å². The number of morpholine rings is 1. The van der Waals surface area contributed by atoms with Gasteiger partial charge in [-0.3, -0.25) is 4.79 Å². The van der Waals surface area contributed by atoms with Crippen molar-refractivity contribution in [3.63, 3.8) is 0 Å². The number of likely N-dealkylation sites (N-methyl/N-ethyl adjacent to an activating group) is 1.